The van der Waals surface area contributed by atoms with Gasteiger partial charge in [-0.25, -0.2) is 0 Å². The predicted octanol–water partition coefficient (Wildman–Crippen LogP) is 6.04. The Hall–Kier alpha value is -1.43. The summed E-state index contributed by atoms with van der Waals surface area (Å²) in [5.74, 6) is 0.268. The van der Waals surface area contributed by atoms with E-state index < -0.39 is 6.04 Å². The molecule has 0 unspecified atom stereocenters. The minimum atomic E-state index is -0.435. The van der Waals surface area contributed by atoms with E-state index in [4.69, 9.17) is 0 Å². The number of likely N-dealkylation sites (N-methyl/N-ethyl adjacent to an activating group) is 2. The van der Waals surface area contributed by atoms with Gasteiger partial charge in [-0.05, 0) is 45.7 Å². The van der Waals surface area contributed by atoms with E-state index in [9.17, 15) is 14.4 Å². The van der Waals surface area contributed by atoms with Gasteiger partial charge in [0.05, 0.1) is 18.6 Å². The number of nitrogens with one attached hydrogen (secondary N) is 1. The maximum atomic E-state index is 12.3. The molecule has 33 heavy (non-hydrogen) atoms. The van der Waals surface area contributed by atoms with Gasteiger partial charge in [-0.1, -0.05) is 88.5 Å². The molecule has 0 aromatic carbocycles. The van der Waals surface area contributed by atoms with Crippen molar-refractivity contribution in [3.8, 4) is 0 Å². The first-order valence-electron chi connectivity index (χ1n) is 13.0. The van der Waals surface area contributed by atoms with Gasteiger partial charge in [0, 0.05) is 8.47 Å². The van der Waals surface area contributed by atoms with Crippen LogP contribution in [-0.4, -0.2) is 67.2 Å². The zero-order valence-electron chi connectivity index (χ0n) is 24.7. The third-order valence-corrected chi connectivity index (χ3v) is 4.56. The molecule has 0 radical (unpaired) electrons. The average Bonchev–Trinajstić information content (AvgIpc) is 2.74. The minimum Gasteiger partial charge on any atom is -0.346 e. The van der Waals surface area contributed by atoms with Gasteiger partial charge >= 0.3 is 0 Å². The molecule has 0 spiro atoms. The van der Waals surface area contributed by atoms with E-state index in [0.29, 0.717) is 18.3 Å². The number of ketones is 1. The maximum absolute atomic E-state index is 12.3. The predicted molar refractivity (Wildman–Crippen MR) is 147 cm³/mol. The Morgan fingerprint density at radius 1 is 0.788 bits per heavy atom. The smallest absolute Gasteiger partial charge is 0.242 e. The van der Waals surface area contributed by atoms with E-state index in [0.717, 1.165) is 6.42 Å². The fraction of sp³-hybridized carbons (Fsp3) is 0.889. The third kappa shape index (κ3) is 23.5. The van der Waals surface area contributed by atoms with Crippen molar-refractivity contribution in [2.24, 2.45) is 11.8 Å². The SMILES string of the molecule is CC.CC(=O)[C@H](CC(C)C)N(C)C(=O)CNC(=O)[C@H](CC(C)C)N(C)C.CCC.CCCC.[HH]. The van der Waals surface area contributed by atoms with Gasteiger partial charge in [-0.15, -0.1) is 0 Å². The van der Waals surface area contributed by atoms with Crippen LogP contribution in [0.2, 0.25) is 0 Å². The molecule has 2 amide bonds. The van der Waals surface area contributed by atoms with Crippen molar-refractivity contribution in [2.45, 2.75) is 120 Å². The molecule has 0 rings (SSSR count). The lowest BCUT2D eigenvalue weighted by molar-refractivity contribution is -0.138. The molecule has 0 aliphatic heterocycles. The van der Waals surface area contributed by atoms with Crippen LogP contribution >= 0.6 is 0 Å². The summed E-state index contributed by atoms with van der Waals surface area (Å²) in [5, 5.41) is 2.71. The molecule has 6 nitrogen and oxygen atoms in total. The molecule has 0 saturated heterocycles. The number of carbonyl (C=O) groups excluding carboxylic acids is 3. The van der Waals surface area contributed by atoms with Gasteiger partial charge in [-0.3, -0.25) is 19.3 Å². The number of hydrogen-bond acceptors (Lipinski definition) is 4. The Labute approximate surface area is 208 Å². The summed E-state index contributed by atoms with van der Waals surface area (Å²) >= 11 is 0. The second-order valence-corrected chi connectivity index (χ2v) is 9.29. The lowest BCUT2D eigenvalue weighted by Crippen LogP contribution is -2.50. The highest BCUT2D eigenvalue weighted by atomic mass is 16.2. The second kappa shape index (κ2) is 25.2. The summed E-state index contributed by atoms with van der Waals surface area (Å²) in [5.41, 5.74) is 0. The van der Waals surface area contributed by atoms with Crippen molar-refractivity contribution in [3.63, 3.8) is 0 Å². The van der Waals surface area contributed by atoms with Crippen molar-refractivity contribution < 1.29 is 15.8 Å². The number of hydrogen-bond donors (Lipinski definition) is 1. The monoisotopic (exact) mass is 475 g/mol. The number of nitrogens with zero attached hydrogens (tertiary/aromatic N) is 2. The number of Topliss-reactive ketones (excluding diaryl/α,β-unsaturated/α-hetero) is 1. The molecule has 0 fully saturated rings. The van der Waals surface area contributed by atoms with Gasteiger partial charge in [0.2, 0.25) is 11.8 Å². The normalized spacial score (nSPS) is 11.8. The van der Waals surface area contributed by atoms with Crippen LogP contribution in [0.4, 0.5) is 0 Å². The number of rotatable bonds is 11. The zero-order chi connectivity index (χ0) is 27.1. The molecule has 0 bridgehead atoms. The van der Waals surface area contributed by atoms with Crippen LogP contribution in [0, 0.1) is 11.8 Å². The lowest BCUT2D eigenvalue weighted by Gasteiger charge is -2.29. The molecule has 2 atom stereocenters. The van der Waals surface area contributed by atoms with Crippen LogP contribution in [0.1, 0.15) is 110 Å². The number of amides is 2. The Morgan fingerprint density at radius 2 is 1.15 bits per heavy atom. The molecule has 0 aromatic heterocycles. The maximum Gasteiger partial charge on any atom is 0.242 e. The summed E-state index contributed by atoms with van der Waals surface area (Å²) in [4.78, 5) is 39.8. The Bertz CT molecular complexity index is 482. The van der Waals surface area contributed by atoms with E-state index in [1.54, 1.807) is 7.05 Å². The Morgan fingerprint density at radius 3 is 1.42 bits per heavy atom. The van der Waals surface area contributed by atoms with E-state index in [1.807, 2.05) is 46.7 Å². The van der Waals surface area contributed by atoms with Gasteiger partial charge in [0.25, 0.3) is 0 Å². The van der Waals surface area contributed by atoms with E-state index in [-0.39, 0.29) is 31.6 Å². The molecule has 0 aliphatic carbocycles. The molecule has 1 N–H and O–H groups in total. The van der Waals surface area contributed by atoms with Gasteiger partial charge in [0.15, 0.2) is 5.78 Å². The quantitative estimate of drug-likeness (QED) is 0.396. The topological polar surface area (TPSA) is 69.7 Å². The molecule has 202 valence electrons. The molecular weight excluding hydrogens is 414 g/mol. The van der Waals surface area contributed by atoms with Gasteiger partial charge in [0.1, 0.15) is 0 Å². The second-order valence-electron chi connectivity index (χ2n) is 9.29. The van der Waals surface area contributed by atoms with Gasteiger partial charge in [-0.2, -0.15) is 0 Å². The molecule has 0 aliphatic rings. The molecule has 6 heteroatoms. The van der Waals surface area contributed by atoms with Crippen LogP contribution in [0.25, 0.3) is 0 Å². The molecular formula is C27H61N3O3. The standard InChI is InChI=1S/C18H35N3O3.C4H10.C3H8.C2H6.H2/c1-12(2)9-15(14(5)22)21(8)17(23)11-19-18(24)16(20(6)7)10-13(3)4;1-3-4-2;1-3-2;1-2;/h12-13,15-16H,9-11H2,1-8H3,(H,19,24);3-4H2,1-2H3;3H2,1-2H3;1-2H3;1H/t15-,16-;;;;/m0..../s1. The number of unbranched alkanes of at least 4 members (excludes halogenated alkanes) is 1. The largest absolute Gasteiger partial charge is 0.346 e. The van der Waals surface area contributed by atoms with Crippen LogP contribution < -0.4 is 5.32 Å². The van der Waals surface area contributed by atoms with E-state index in [1.165, 1.54) is 31.1 Å². The highest BCUT2D eigenvalue weighted by Crippen LogP contribution is 2.12. The van der Waals surface area contributed by atoms with Crippen molar-refractivity contribution in [1.82, 2.24) is 15.1 Å². The van der Waals surface area contributed by atoms with E-state index in [2.05, 4.69) is 46.9 Å². The van der Waals surface area contributed by atoms with Gasteiger partial charge < -0.3 is 10.2 Å². The van der Waals surface area contributed by atoms with Crippen molar-refractivity contribution >= 4 is 17.6 Å². The molecule has 0 heterocycles. The van der Waals surface area contributed by atoms with Crippen LogP contribution in [0.5, 0.6) is 0 Å². The summed E-state index contributed by atoms with van der Waals surface area (Å²) in [7, 11) is 5.34. The molecule has 0 saturated carbocycles. The lowest BCUT2D eigenvalue weighted by atomic mass is 9.99. The zero-order valence-corrected chi connectivity index (χ0v) is 24.7. The highest BCUT2D eigenvalue weighted by molar-refractivity contribution is 5.90. The Kier molecular flexibility index (Phi) is 29.6. The summed E-state index contributed by atoms with van der Waals surface area (Å²) in [6.07, 6.45) is 5.24. The minimum absolute atomic E-state index is 0. The van der Waals surface area contributed by atoms with Crippen LogP contribution in [0.15, 0.2) is 0 Å². The highest BCUT2D eigenvalue weighted by Gasteiger charge is 2.26. The van der Waals surface area contributed by atoms with Crippen molar-refractivity contribution in [3.05, 3.63) is 0 Å². The van der Waals surface area contributed by atoms with Crippen LogP contribution in [-0.2, 0) is 14.4 Å². The number of carbonyl (C=O) groups is 3. The van der Waals surface area contributed by atoms with Crippen LogP contribution in [0.3, 0.4) is 0 Å². The third-order valence-electron chi connectivity index (χ3n) is 4.56. The summed E-state index contributed by atoms with van der Waals surface area (Å²) in [6.45, 7) is 22.2. The fourth-order valence-electron chi connectivity index (χ4n) is 2.62. The first-order valence-corrected chi connectivity index (χ1v) is 13.0. The first-order chi connectivity index (χ1) is 15.3. The summed E-state index contributed by atoms with van der Waals surface area (Å²) in [6, 6.07) is -0.697. The first kappa shape index (κ1) is 38.8. The van der Waals surface area contributed by atoms with Crippen molar-refractivity contribution in [2.75, 3.05) is 27.7 Å². The van der Waals surface area contributed by atoms with E-state index >= 15 is 0 Å². The van der Waals surface area contributed by atoms with Crippen molar-refractivity contribution in [1.29, 1.82) is 0 Å². The average molecular weight is 476 g/mol. The fourth-order valence-corrected chi connectivity index (χ4v) is 2.62. The molecule has 0 aromatic rings. The summed E-state index contributed by atoms with van der Waals surface area (Å²) < 4.78 is 0. The Balaban J connectivity index is -0.000000241.